The Kier molecular flexibility index (Phi) is 6.57. The Bertz CT molecular complexity index is 1250. The zero-order chi connectivity index (χ0) is 22.7. The molecule has 8 heteroatoms. The first-order valence-corrected chi connectivity index (χ1v) is 10.8. The van der Waals surface area contributed by atoms with Crippen LogP contribution in [0.4, 0.5) is 0 Å². The van der Waals surface area contributed by atoms with E-state index >= 15 is 0 Å². The number of methoxy groups -OCH3 is 1. The normalized spacial score (nSPS) is 14.2. The van der Waals surface area contributed by atoms with Crippen molar-refractivity contribution in [3.05, 3.63) is 97.7 Å². The van der Waals surface area contributed by atoms with E-state index in [2.05, 4.69) is 4.99 Å². The Morgan fingerprint density at radius 1 is 1.09 bits per heavy atom. The molecule has 160 valence electrons. The number of ether oxygens (including phenoxy) is 3. The van der Waals surface area contributed by atoms with Crippen molar-refractivity contribution in [2.24, 2.45) is 4.99 Å². The number of halogens is 2. The highest BCUT2D eigenvalue weighted by molar-refractivity contribution is 14.1. The SMILES string of the molecule is COc1cc(/C=C2\N=C(c3ccccc3)OC2=O)cc(I)c1OC(=O)c1ccc(Cl)cc1. The van der Waals surface area contributed by atoms with E-state index in [-0.39, 0.29) is 17.3 Å². The van der Waals surface area contributed by atoms with Crippen molar-refractivity contribution in [1.29, 1.82) is 0 Å². The van der Waals surface area contributed by atoms with Crippen LogP contribution in [0.2, 0.25) is 5.02 Å². The molecular weight excluding hydrogens is 545 g/mol. The molecule has 0 saturated carbocycles. The summed E-state index contributed by atoms with van der Waals surface area (Å²) in [6.07, 6.45) is 1.59. The molecular formula is C24H15ClINO5. The summed E-state index contributed by atoms with van der Waals surface area (Å²) < 4.78 is 16.9. The van der Waals surface area contributed by atoms with Crippen LogP contribution in [0, 0.1) is 3.57 Å². The maximum Gasteiger partial charge on any atom is 0.363 e. The molecule has 3 aromatic rings. The second-order valence-electron chi connectivity index (χ2n) is 6.63. The molecule has 1 heterocycles. The Balaban J connectivity index is 1.62. The molecule has 0 aromatic heterocycles. The molecule has 0 N–H and O–H groups in total. The molecule has 1 aliphatic rings. The molecule has 0 fully saturated rings. The van der Waals surface area contributed by atoms with E-state index in [1.54, 1.807) is 42.5 Å². The predicted molar refractivity (Wildman–Crippen MR) is 129 cm³/mol. The van der Waals surface area contributed by atoms with Gasteiger partial charge in [-0.2, -0.15) is 0 Å². The third-order valence-corrected chi connectivity index (χ3v) is 5.52. The van der Waals surface area contributed by atoms with E-state index in [1.807, 2.05) is 52.9 Å². The summed E-state index contributed by atoms with van der Waals surface area (Å²) in [7, 11) is 1.47. The van der Waals surface area contributed by atoms with Crippen LogP contribution in [0.1, 0.15) is 21.5 Å². The van der Waals surface area contributed by atoms with Crippen LogP contribution < -0.4 is 9.47 Å². The minimum Gasteiger partial charge on any atom is -0.493 e. The minimum atomic E-state index is -0.545. The van der Waals surface area contributed by atoms with Crippen LogP contribution in [0.3, 0.4) is 0 Å². The summed E-state index contributed by atoms with van der Waals surface area (Å²) in [6.45, 7) is 0. The van der Waals surface area contributed by atoms with Gasteiger partial charge >= 0.3 is 11.9 Å². The number of nitrogens with zero attached hydrogens (tertiary/aromatic N) is 1. The van der Waals surface area contributed by atoms with Crippen LogP contribution in [0.5, 0.6) is 11.5 Å². The molecule has 0 aliphatic carbocycles. The topological polar surface area (TPSA) is 74.2 Å². The molecule has 6 nitrogen and oxygen atoms in total. The lowest BCUT2D eigenvalue weighted by Gasteiger charge is -2.12. The average molecular weight is 560 g/mol. The van der Waals surface area contributed by atoms with E-state index in [0.29, 0.717) is 31.0 Å². The molecule has 3 aromatic carbocycles. The Morgan fingerprint density at radius 3 is 2.50 bits per heavy atom. The maximum absolute atomic E-state index is 12.5. The molecule has 0 spiro atoms. The molecule has 0 radical (unpaired) electrons. The summed E-state index contributed by atoms with van der Waals surface area (Å²) in [4.78, 5) is 29.1. The summed E-state index contributed by atoms with van der Waals surface area (Å²) in [5.74, 6) is -0.226. The van der Waals surface area contributed by atoms with Crippen molar-refractivity contribution in [2.45, 2.75) is 0 Å². The second kappa shape index (κ2) is 9.54. The van der Waals surface area contributed by atoms with Crippen LogP contribution in [-0.2, 0) is 9.53 Å². The lowest BCUT2D eigenvalue weighted by molar-refractivity contribution is -0.129. The fourth-order valence-corrected chi connectivity index (χ4v) is 3.79. The molecule has 32 heavy (non-hydrogen) atoms. The maximum atomic E-state index is 12.5. The highest BCUT2D eigenvalue weighted by Crippen LogP contribution is 2.35. The van der Waals surface area contributed by atoms with Gasteiger partial charge in [0.2, 0.25) is 5.90 Å². The number of hydrogen-bond acceptors (Lipinski definition) is 6. The van der Waals surface area contributed by atoms with E-state index < -0.39 is 11.9 Å². The summed E-state index contributed by atoms with van der Waals surface area (Å²) >= 11 is 7.91. The van der Waals surface area contributed by atoms with Gasteiger partial charge in [-0.05, 0) is 82.8 Å². The monoisotopic (exact) mass is 559 g/mol. The van der Waals surface area contributed by atoms with Crippen molar-refractivity contribution in [2.75, 3.05) is 7.11 Å². The van der Waals surface area contributed by atoms with Crippen LogP contribution in [0.25, 0.3) is 6.08 Å². The first kappa shape index (κ1) is 22.0. The number of carbonyl (C=O) groups is 2. The summed E-state index contributed by atoms with van der Waals surface area (Å²) in [5, 5.41) is 0.523. The third-order valence-electron chi connectivity index (χ3n) is 4.47. The first-order valence-electron chi connectivity index (χ1n) is 9.38. The molecule has 0 saturated heterocycles. The van der Waals surface area contributed by atoms with Crippen molar-refractivity contribution in [3.8, 4) is 11.5 Å². The molecule has 0 amide bonds. The van der Waals surface area contributed by atoms with Gasteiger partial charge in [-0.1, -0.05) is 29.8 Å². The Hall–Kier alpha value is -3.17. The van der Waals surface area contributed by atoms with E-state index in [9.17, 15) is 9.59 Å². The minimum absolute atomic E-state index is 0.160. The highest BCUT2D eigenvalue weighted by atomic mass is 127. The predicted octanol–water partition coefficient (Wildman–Crippen LogP) is 5.52. The van der Waals surface area contributed by atoms with Crippen LogP contribution in [-0.4, -0.2) is 24.9 Å². The van der Waals surface area contributed by atoms with Gasteiger partial charge in [0.05, 0.1) is 16.2 Å². The van der Waals surface area contributed by atoms with Gasteiger partial charge < -0.3 is 14.2 Å². The zero-order valence-electron chi connectivity index (χ0n) is 16.7. The fraction of sp³-hybridized carbons (Fsp3) is 0.0417. The first-order chi connectivity index (χ1) is 15.4. The highest BCUT2D eigenvalue weighted by Gasteiger charge is 2.24. The van der Waals surface area contributed by atoms with Crippen LogP contribution >= 0.6 is 34.2 Å². The van der Waals surface area contributed by atoms with Gasteiger partial charge in [0.25, 0.3) is 0 Å². The van der Waals surface area contributed by atoms with E-state index in [1.165, 1.54) is 7.11 Å². The van der Waals surface area contributed by atoms with Crippen molar-refractivity contribution < 1.29 is 23.8 Å². The smallest absolute Gasteiger partial charge is 0.363 e. The molecule has 0 atom stereocenters. The van der Waals surface area contributed by atoms with Gasteiger partial charge in [-0.3, -0.25) is 0 Å². The third kappa shape index (κ3) is 4.84. The molecule has 0 bridgehead atoms. The van der Waals surface area contributed by atoms with Gasteiger partial charge in [0.1, 0.15) is 0 Å². The molecule has 0 unspecified atom stereocenters. The van der Waals surface area contributed by atoms with Gasteiger partial charge in [0, 0.05) is 10.6 Å². The van der Waals surface area contributed by atoms with Crippen molar-refractivity contribution >= 4 is 58.1 Å². The second-order valence-corrected chi connectivity index (χ2v) is 8.23. The zero-order valence-corrected chi connectivity index (χ0v) is 19.6. The number of esters is 2. The fourth-order valence-electron chi connectivity index (χ4n) is 2.93. The quantitative estimate of drug-likeness (QED) is 0.178. The standard InChI is InChI=1S/C24H15ClINO5/c1-30-20-13-14(12-19-24(29)32-22(27-19)15-5-3-2-4-6-15)11-18(26)21(20)31-23(28)16-7-9-17(25)10-8-16/h2-13H,1H3/b19-12-. The number of aliphatic imine (C=N–C) groups is 1. The van der Waals surface area contributed by atoms with Crippen molar-refractivity contribution in [1.82, 2.24) is 0 Å². The number of cyclic esters (lactones) is 1. The van der Waals surface area contributed by atoms with Gasteiger partial charge in [0.15, 0.2) is 17.2 Å². The number of carbonyl (C=O) groups excluding carboxylic acids is 2. The van der Waals surface area contributed by atoms with Crippen molar-refractivity contribution in [3.63, 3.8) is 0 Å². The van der Waals surface area contributed by atoms with Gasteiger partial charge in [-0.15, -0.1) is 0 Å². The van der Waals surface area contributed by atoms with E-state index in [4.69, 9.17) is 25.8 Å². The lowest BCUT2D eigenvalue weighted by atomic mass is 10.1. The lowest BCUT2D eigenvalue weighted by Crippen LogP contribution is -2.10. The Morgan fingerprint density at radius 2 is 1.81 bits per heavy atom. The van der Waals surface area contributed by atoms with Gasteiger partial charge in [-0.25, -0.2) is 14.6 Å². The number of hydrogen-bond donors (Lipinski definition) is 0. The summed E-state index contributed by atoms with van der Waals surface area (Å²) in [5.41, 5.74) is 1.87. The number of rotatable bonds is 5. The van der Waals surface area contributed by atoms with Crippen LogP contribution in [0.15, 0.2) is 77.4 Å². The van der Waals surface area contributed by atoms with E-state index in [0.717, 1.165) is 0 Å². The molecule has 4 rings (SSSR count). The number of benzene rings is 3. The molecule has 1 aliphatic heterocycles. The average Bonchev–Trinajstić information content (AvgIpc) is 3.16. The largest absolute Gasteiger partial charge is 0.493 e. The Labute approximate surface area is 202 Å². The summed E-state index contributed by atoms with van der Waals surface area (Å²) in [6, 6.07) is 19.0.